The molecule has 0 fully saturated rings. The van der Waals surface area contributed by atoms with E-state index in [1.54, 1.807) is 0 Å². The molecule has 1 aromatic carbocycles. The molecule has 0 aliphatic carbocycles. The Morgan fingerprint density at radius 2 is 1.88 bits per heavy atom. The van der Waals surface area contributed by atoms with Crippen LogP contribution in [0.4, 0.5) is 0 Å². The molecule has 0 spiro atoms. The lowest BCUT2D eigenvalue weighted by Gasteiger charge is -2.05. The topological polar surface area (TPSA) is 22.0 Å². The number of carbonyl (C=O) groups excluding carboxylic acids is 1. The van der Waals surface area contributed by atoms with Crippen LogP contribution in [0.3, 0.4) is 0 Å². The highest BCUT2D eigenvalue weighted by Crippen LogP contribution is 2.33. The van der Waals surface area contributed by atoms with Crippen molar-refractivity contribution in [1.29, 1.82) is 0 Å². The number of hydrogen-bond donors (Lipinski definition) is 0. The third-order valence-electron chi connectivity index (χ3n) is 2.84. The van der Waals surface area contributed by atoms with Gasteiger partial charge in [-0.05, 0) is 12.5 Å². The number of rotatable bonds is 2. The van der Waals surface area contributed by atoms with E-state index < -0.39 is 0 Å². The molecule has 0 N–H and O–H groups in total. The quantitative estimate of drug-likeness (QED) is 0.728. The van der Waals surface area contributed by atoms with E-state index in [9.17, 15) is 4.79 Å². The van der Waals surface area contributed by atoms with E-state index in [0.717, 1.165) is 23.2 Å². The number of benzene rings is 1. The number of nitrogens with zero attached hydrogens (tertiary/aromatic N) is 1. The first-order chi connectivity index (χ1) is 7.66. The van der Waals surface area contributed by atoms with Crippen molar-refractivity contribution in [1.82, 2.24) is 4.57 Å². The van der Waals surface area contributed by atoms with Gasteiger partial charge >= 0.3 is 0 Å². The molecule has 82 valence electrons. The number of carbonyl (C=O) groups is 1. The first-order valence-electron chi connectivity index (χ1n) is 5.02. The first kappa shape index (κ1) is 11.0. The Morgan fingerprint density at radius 1 is 1.25 bits per heavy atom. The van der Waals surface area contributed by atoms with E-state index >= 15 is 0 Å². The minimum Gasteiger partial charge on any atom is -0.346 e. The van der Waals surface area contributed by atoms with Crippen LogP contribution in [0, 0.1) is 6.92 Å². The zero-order valence-corrected chi connectivity index (χ0v) is 9.95. The lowest BCUT2D eigenvalue weighted by molar-refractivity contribution is 0.112. The molecule has 0 radical (unpaired) electrons. The van der Waals surface area contributed by atoms with Crippen molar-refractivity contribution >= 4 is 17.9 Å². The molecule has 0 saturated heterocycles. The van der Waals surface area contributed by atoms with Gasteiger partial charge < -0.3 is 4.57 Å². The Kier molecular flexibility index (Phi) is 2.84. The third kappa shape index (κ3) is 1.55. The molecule has 0 aliphatic heterocycles. The first-order valence-corrected chi connectivity index (χ1v) is 5.40. The minimum atomic E-state index is 0.529. The second-order valence-corrected chi connectivity index (χ2v) is 4.08. The zero-order chi connectivity index (χ0) is 11.7. The van der Waals surface area contributed by atoms with Crippen molar-refractivity contribution in [2.45, 2.75) is 6.92 Å². The predicted molar refractivity (Wildman–Crippen MR) is 66.0 cm³/mol. The fraction of sp³-hybridized carbons (Fsp3) is 0.154. The van der Waals surface area contributed by atoms with Crippen LogP contribution in [0.5, 0.6) is 0 Å². The minimum absolute atomic E-state index is 0.529. The van der Waals surface area contributed by atoms with Gasteiger partial charge in [0.25, 0.3) is 0 Å². The SMILES string of the molecule is Cc1c(C=O)c(Cl)c(-c2ccccc2)n1C. The number of aldehydes is 1. The molecule has 0 aliphatic rings. The lowest BCUT2D eigenvalue weighted by atomic mass is 10.1. The van der Waals surface area contributed by atoms with Crippen molar-refractivity contribution in [2.24, 2.45) is 7.05 Å². The van der Waals surface area contributed by atoms with Crippen LogP contribution in [-0.4, -0.2) is 10.9 Å². The van der Waals surface area contributed by atoms with E-state index in [-0.39, 0.29) is 0 Å². The Morgan fingerprint density at radius 3 is 2.38 bits per heavy atom. The highest BCUT2D eigenvalue weighted by molar-refractivity contribution is 6.35. The molecule has 1 aromatic heterocycles. The van der Waals surface area contributed by atoms with Crippen LogP contribution >= 0.6 is 11.6 Å². The van der Waals surface area contributed by atoms with Crippen molar-refractivity contribution in [3.05, 3.63) is 46.6 Å². The average molecular weight is 234 g/mol. The van der Waals surface area contributed by atoms with Gasteiger partial charge in [-0.3, -0.25) is 4.79 Å². The summed E-state index contributed by atoms with van der Waals surface area (Å²) in [4.78, 5) is 10.9. The third-order valence-corrected chi connectivity index (χ3v) is 3.22. The van der Waals surface area contributed by atoms with E-state index in [0.29, 0.717) is 10.6 Å². The van der Waals surface area contributed by atoms with Crippen LogP contribution in [-0.2, 0) is 7.05 Å². The summed E-state index contributed by atoms with van der Waals surface area (Å²) in [6, 6.07) is 9.82. The Labute approximate surface area is 99.5 Å². The van der Waals surface area contributed by atoms with Crippen LogP contribution in [0.2, 0.25) is 5.02 Å². The highest BCUT2D eigenvalue weighted by Gasteiger charge is 2.17. The molecule has 16 heavy (non-hydrogen) atoms. The Balaban J connectivity index is 2.71. The maximum Gasteiger partial charge on any atom is 0.153 e. The summed E-state index contributed by atoms with van der Waals surface area (Å²) in [6.45, 7) is 1.89. The predicted octanol–water partition coefficient (Wildman–Crippen LogP) is 3.47. The molecule has 0 amide bonds. The normalized spacial score (nSPS) is 10.4. The van der Waals surface area contributed by atoms with Gasteiger partial charge in [0, 0.05) is 12.7 Å². The molecule has 0 unspecified atom stereocenters. The summed E-state index contributed by atoms with van der Waals surface area (Å²) in [5, 5.41) is 0.529. The molecule has 0 saturated carbocycles. The van der Waals surface area contributed by atoms with Gasteiger partial charge in [-0.25, -0.2) is 0 Å². The van der Waals surface area contributed by atoms with Gasteiger partial charge in [0.2, 0.25) is 0 Å². The van der Waals surface area contributed by atoms with Crippen LogP contribution in [0.15, 0.2) is 30.3 Å². The van der Waals surface area contributed by atoms with Crippen LogP contribution < -0.4 is 0 Å². The molecule has 1 heterocycles. The molecule has 0 atom stereocenters. The largest absolute Gasteiger partial charge is 0.346 e. The van der Waals surface area contributed by atoms with Crippen molar-refractivity contribution < 1.29 is 4.79 Å². The van der Waals surface area contributed by atoms with Crippen LogP contribution in [0.25, 0.3) is 11.3 Å². The van der Waals surface area contributed by atoms with Gasteiger partial charge in [-0.2, -0.15) is 0 Å². The van der Waals surface area contributed by atoms with E-state index in [1.165, 1.54) is 0 Å². The average Bonchev–Trinajstić information content (AvgIpc) is 2.51. The molecular weight excluding hydrogens is 222 g/mol. The van der Waals surface area contributed by atoms with Crippen molar-refractivity contribution in [3.63, 3.8) is 0 Å². The van der Waals surface area contributed by atoms with Crippen molar-refractivity contribution in [2.75, 3.05) is 0 Å². The monoisotopic (exact) mass is 233 g/mol. The Hall–Kier alpha value is -1.54. The molecule has 2 aromatic rings. The van der Waals surface area contributed by atoms with Gasteiger partial charge in [0.1, 0.15) is 0 Å². The summed E-state index contributed by atoms with van der Waals surface area (Å²) in [7, 11) is 1.91. The van der Waals surface area contributed by atoms with Crippen molar-refractivity contribution in [3.8, 4) is 11.3 Å². The maximum absolute atomic E-state index is 10.9. The summed E-state index contributed by atoms with van der Waals surface area (Å²) in [6.07, 6.45) is 0.810. The zero-order valence-electron chi connectivity index (χ0n) is 9.20. The highest BCUT2D eigenvalue weighted by atomic mass is 35.5. The van der Waals surface area contributed by atoms with E-state index in [4.69, 9.17) is 11.6 Å². The summed E-state index contributed by atoms with van der Waals surface area (Å²) in [5.41, 5.74) is 3.37. The van der Waals surface area contributed by atoms with E-state index in [2.05, 4.69) is 0 Å². The molecular formula is C13H12ClNO. The summed E-state index contributed by atoms with van der Waals surface area (Å²) >= 11 is 6.22. The molecule has 2 rings (SSSR count). The molecule has 3 heteroatoms. The number of halogens is 1. The maximum atomic E-state index is 10.9. The van der Waals surface area contributed by atoms with E-state index in [1.807, 2.05) is 48.9 Å². The summed E-state index contributed by atoms with van der Waals surface area (Å²) < 4.78 is 1.95. The second-order valence-electron chi connectivity index (χ2n) is 3.70. The smallest absolute Gasteiger partial charge is 0.153 e. The number of hydrogen-bond acceptors (Lipinski definition) is 1. The van der Waals surface area contributed by atoms with Gasteiger partial charge in [0.05, 0.1) is 16.3 Å². The fourth-order valence-electron chi connectivity index (χ4n) is 1.84. The number of aromatic nitrogens is 1. The van der Waals surface area contributed by atoms with Gasteiger partial charge in [0.15, 0.2) is 6.29 Å². The summed E-state index contributed by atoms with van der Waals surface area (Å²) in [5.74, 6) is 0. The standard InChI is InChI=1S/C13H12ClNO/c1-9-11(8-16)12(14)13(15(9)2)10-6-4-3-5-7-10/h3-8H,1-2H3. The lowest BCUT2D eigenvalue weighted by Crippen LogP contribution is -1.94. The van der Waals surface area contributed by atoms with Gasteiger partial charge in [-0.15, -0.1) is 0 Å². The van der Waals surface area contributed by atoms with Crippen LogP contribution in [0.1, 0.15) is 16.1 Å². The van der Waals surface area contributed by atoms with Gasteiger partial charge in [-0.1, -0.05) is 41.9 Å². The fourth-order valence-corrected chi connectivity index (χ4v) is 2.25. The molecule has 0 bridgehead atoms. The molecule has 2 nitrogen and oxygen atoms in total. The second kappa shape index (κ2) is 4.14. The Bertz CT molecular complexity index is 529.